The van der Waals surface area contributed by atoms with E-state index in [4.69, 9.17) is 9.47 Å². The molecule has 5 nitrogen and oxygen atoms in total. The Bertz CT molecular complexity index is 841. The molecule has 2 aromatic heterocycles. The third-order valence-corrected chi connectivity index (χ3v) is 4.83. The lowest BCUT2D eigenvalue weighted by Gasteiger charge is -2.32. The number of aromatic nitrogens is 2. The number of fused-ring (bicyclic) bond motifs is 1. The maximum absolute atomic E-state index is 13.5. The van der Waals surface area contributed by atoms with E-state index in [1.54, 1.807) is 10.6 Å². The fourth-order valence-corrected chi connectivity index (χ4v) is 3.49. The maximum Gasteiger partial charge on any atom is 0.251 e. The second-order valence-electron chi connectivity index (χ2n) is 6.31. The summed E-state index contributed by atoms with van der Waals surface area (Å²) in [6.45, 7) is 1.76. The van der Waals surface area contributed by atoms with Crippen molar-refractivity contribution in [3.8, 4) is 0 Å². The molecule has 2 fully saturated rings. The highest BCUT2D eigenvalue weighted by atomic mass is 19.1. The molecule has 2 aliphatic rings. The Labute approximate surface area is 138 Å². The Morgan fingerprint density at radius 3 is 2.75 bits per heavy atom. The van der Waals surface area contributed by atoms with Crippen molar-refractivity contribution < 1.29 is 13.9 Å². The first kappa shape index (κ1) is 15.5. The fraction of sp³-hybridized carbons (Fsp3) is 0.444. The molecule has 2 aromatic rings. The molecule has 6 heteroatoms. The Kier molecular flexibility index (Phi) is 3.94. The maximum atomic E-state index is 13.5. The minimum atomic E-state index is -0.440. The van der Waals surface area contributed by atoms with Crippen LogP contribution >= 0.6 is 0 Å². The normalized spacial score (nSPS) is 20.0. The van der Waals surface area contributed by atoms with E-state index in [9.17, 15) is 9.18 Å². The van der Waals surface area contributed by atoms with Gasteiger partial charge in [0.15, 0.2) is 5.79 Å². The van der Waals surface area contributed by atoms with Crippen molar-refractivity contribution in [2.75, 3.05) is 13.2 Å². The summed E-state index contributed by atoms with van der Waals surface area (Å²) in [6.07, 6.45) is 6.71. The first-order chi connectivity index (χ1) is 11.7. The molecule has 126 valence electrons. The van der Waals surface area contributed by atoms with Crippen LogP contribution in [0.15, 0.2) is 40.8 Å². The molecule has 0 radical (unpaired) electrons. The van der Waals surface area contributed by atoms with E-state index in [0.717, 1.165) is 31.9 Å². The molecule has 4 rings (SSSR count). The number of nitrogens with zero attached hydrogens (tertiary/aromatic N) is 2. The average Bonchev–Trinajstić information content (AvgIpc) is 3.04. The van der Waals surface area contributed by atoms with Gasteiger partial charge in [-0.2, -0.15) is 0 Å². The zero-order chi connectivity index (χ0) is 16.6. The third kappa shape index (κ3) is 2.87. The highest BCUT2D eigenvalue weighted by molar-refractivity contribution is 5.74. The molecule has 0 atom stereocenters. The van der Waals surface area contributed by atoms with E-state index in [0.29, 0.717) is 30.8 Å². The first-order valence-electron chi connectivity index (χ1n) is 8.26. The van der Waals surface area contributed by atoms with Gasteiger partial charge < -0.3 is 14.0 Å². The van der Waals surface area contributed by atoms with Crippen LogP contribution in [0.4, 0.5) is 4.39 Å². The lowest BCUT2D eigenvalue weighted by molar-refractivity contribution is -0.171. The molecule has 0 unspecified atom stereocenters. The van der Waals surface area contributed by atoms with Crippen LogP contribution in [0.2, 0.25) is 0 Å². The highest BCUT2D eigenvalue weighted by Crippen LogP contribution is 2.37. The van der Waals surface area contributed by atoms with Gasteiger partial charge in [-0.25, -0.2) is 4.39 Å². The number of hydrogen-bond donors (Lipinski definition) is 0. The van der Waals surface area contributed by atoms with Crippen molar-refractivity contribution in [2.24, 2.45) is 0 Å². The molecule has 0 bridgehead atoms. The topological polar surface area (TPSA) is 53.4 Å². The number of allylic oxidation sites excluding steroid dienone is 2. The highest BCUT2D eigenvalue weighted by Gasteiger charge is 2.38. The molecule has 1 aliphatic carbocycles. The van der Waals surface area contributed by atoms with Crippen LogP contribution in [-0.4, -0.2) is 28.6 Å². The molecular formula is C18H19FN2O3. The summed E-state index contributed by atoms with van der Waals surface area (Å²) >= 11 is 0. The summed E-state index contributed by atoms with van der Waals surface area (Å²) in [6, 6.07) is 4.46. The minimum Gasteiger partial charge on any atom is -0.348 e. The van der Waals surface area contributed by atoms with Crippen molar-refractivity contribution in [1.29, 1.82) is 0 Å². The summed E-state index contributed by atoms with van der Waals surface area (Å²) in [7, 11) is 0. The molecule has 0 N–H and O–H groups in total. The van der Waals surface area contributed by atoms with E-state index in [2.05, 4.69) is 11.1 Å². The van der Waals surface area contributed by atoms with Crippen molar-refractivity contribution in [3.05, 3.63) is 52.2 Å². The lowest BCUT2D eigenvalue weighted by Crippen LogP contribution is -2.33. The Morgan fingerprint density at radius 1 is 1.25 bits per heavy atom. The van der Waals surface area contributed by atoms with Gasteiger partial charge in [0, 0.05) is 31.5 Å². The van der Waals surface area contributed by atoms with Crippen LogP contribution < -0.4 is 5.56 Å². The molecule has 3 heterocycles. The van der Waals surface area contributed by atoms with Crippen LogP contribution in [0.25, 0.3) is 11.0 Å². The van der Waals surface area contributed by atoms with Gasteiger partial charge in [-0.15, -0.1) is 0 Å². The van der Waals surface area contributed by atoms with Crippen LogP contribution in [-0.2, 0) is 16.0 Å². The second kappa shape index (κ2) is 6.11. The van der Waals surface area contributed by atoms with Gasteiger partial charge in [0.25, 0.3) is 5.56 Å². The Morgan fingerprint density at radius 2 is 2.00 bits per heavy atom. The molecule has 1 aliphatic heterocycles. The molecule has 0 aromatic carbocycles. The van der Waals surface area contributed by atoms with Gasteiger partial charge in [0.1, 0.15) is 5.82 Å². The van der Waals surface area contributed by atoms with E-state index in [1.165, 1.54) is 17.7 Å². The van der Waals surface area contributed by atoms with Gasteiger partial charge in [-0.3, -0.25) is 9.78 Å². The van der Waals surface area contributed by atoms with Crippen LogP contribution in [0.5, 0.6) is 0 Å². The smallest absolute Gasteiger partial charge is 0.251 e. The zero-order valence-corrected chi connectivity index (χ0v) is 13.3. The summed E-state index contributed by atoms with van der Waals surface area (Å²) in [5.41, 5.74) is 2.27. The third-order valence-electron chi connectivity index (χ3n) is 4.83. The van der Waals surface area contributed by atoms with Crippen molar-refractivity contribution >= 4 is 11.0 Å². The number of rotatable bonds is 2. The number of ether oxygens (including phenoxy) is 2. The molecule has 0 amide bonds. The van der Waals surface area contributed by atoms with Crippen LogP contribution in [0.1, 0.15) is 25.7 Å². The average molecular weight is 330 g/mol. The van der Waals surface area contributed by atoms with Crippen molar-refractivity contribution in [2.45, 2.75) is 38.0 Å². The zero-order valence-electron chi connectivity index (χ0n) is 13.3. The molecule has 1 saturated heterocycles. The van der Waals surface area contributed by atoms with Crippen LogP contribution in [0.3, 0.4) is 0 Å². The van der Waals surface area contributed by atoms with Gasteiger partial charge in [0.05, 0.1) is 30.4 Å². The largest absolute Gasteiger partial charge is 0.348 e. The summed E-state index contributed by atoms with van der Waals surface area (Å²) in [5.74, 6) is -0.828. The SMILES string of the molecule is O=c1ccc2ncc(F)cc2n1CC=C1CCC2(CC1)OCCO2. The van der Waals surface area contributed by atoms with Crippen molar-refractivity contribution in [3.63, 3.8) is 0 Å². The number of pyridine rings is 2. The van der Waals surface area contributed by atoms with E-state index in [-0.39, 0.29) is 11.3 Å². The van der Waals surface area contributed by atoms with Crippen LogP contribution in [0, 0.1) is 5.82 Å². The Balaban J connectivity index is 1.56. The summed E-state index contributed by atoms with van der Waals surface area (Å²) < 4.78 is 26.5. The quantitative estimate of drug-likeness (QED) is 0.795. The molecule has 1 spiro atoms. The molecule has 24 heavy (non-hydrogen) atoms. The van der Waals surface area contributed by atoms with Gasteiger partial charge in [-0.1, -0.05) is 11.6 Å². The fourth-order valence-electron chi connectivity index (χ4n) is 3.49. The predicted molar refractivity (Wildman–Crippen MR) is 87.1 cm³/mol. The van der Waals surface area contributed by atoms with Gasteiger partial charge in [-0.05, 0) is 18.9 Å². The molecule has 1 saturated carbocycles. The summed E-state index contributed by atoms with van der Waals surface area (Å²) in [5, 5.41) is 0. The van der Waals surface area contributed by atoms with E-state index in [1.807, 2.05) is 0 Å². The first-order valence-corrected chi connectivity index (χ1v) is 8.26. The standard InChI is InChI=1S/C18H19FN2O3/c19-14-11-16-15(20-12-14)1-2-17(22)21(16)8-5-13-3-6-18(7-4-13)23-9-10-24-18/h1-2,5,11-12H,3-4,6-10H2. The number of halogens is 1. The minimum absolute atomic E-state index is 0.151. The summed E-state index contributed by atoms with van der Waals surface area (Å²) in [4.78, 5) is 16.2. The van der Waals surface area contributed by atoms with Gasteiger partial charge in [0.2, 0.25) is 0 Å². The predicted octanol–water partition coefficient (Wildman–Crippen LogP) is 2.78. The second-order valence-corrected chi connectivity index (χ2v) is 6.31. The van der Waals surface area contributed by atoms with Crippen molar-refractivity contribution in [1.82, 2.24) is 9.55 Å². The van der Waals surface area contributed by atoms with E-state index >= 15 is 0 Å². The molecular weight excluding hydrogens is 311 g/mol. The van der Waals surface area contributed by atoms with E-state index < -0.39 is 5.82 Å². The monoisotopic (exact) mass is 330 g/mol. The van der Waals surface area contributed by atoms with Gasteiger partial charge >= 0.3 is 0 Å². The Hall–Kier alpha value is -2.05. The lowest BCUT2D eigenvalue weighted by atomic mass is 9.89. The number of hydrogen-bond acceptors (Lipinski definition) is 4.